The van der Waals surface area contributed by atoms with E-state index in [2.05, 4.69) is 21.2 Å². The third-order valence-electron chi connectivity index (χ3n) is 4.18. The lowest BCUT2D eigenvalue weighted by molar-refractivity contribution is -0.142. The van der Waals surface area contributed by atoms with Gasteiger partial charge in [0.05, 0.1) is 10.0 Å². The second-order valence-electron chi connectivity index (χ2n) is 7.93. The van der Waals surface area contributed by atoms with Gasteiger partial charge in [0.2, 0.25) is 5.91 Å². The number of benzene rings is 2. The van der Waals surface area contributed by atoms with Crippen LogP contribution in [-0.2, 0) is 16.1 Å². The molecule has 2 amide bonds. The number of carbonyl (C=O) groups excluding carboxylic acids is 2. The van der Waals surface area contributed by atoms with Gasteiger partial charge in [-0.25, -0.2) is 0 Å². The van der Waals surface area contributed by atoms with Crippen LogP contribution in [0.1, 0.15) is 33.3 Å². The van der Waals surface area contributed by atoms with E-state index in [1.54, 1.807) is 37.3 Å². The lowest BCUT2D eigenvalue weighted by atomic mass is 10.1. The Morgan fingerprint density at radius 2 is 1.73 bits per heavy atom. The number of amides is 2. The molecular formula is C22H25BrCl2N2O3. The summed E-state index contributed by atoms with van der Waals surface area (Å²) in [7, 11) is 0. The average Bonchev–Trinajstić information content (AvgIpc) is 2.66. The van der Waals surface area contributed by atoms with E-state index in [4.69, 9.17) is 27.9 Å². The predicted octanol–water partition coefficient (Wildman–Crippen LogP) is 5.47. The molecule has 0 saturated carbocycles. The van der Waals surface area contributed by atoms with Crippen molar-refractivity contribution < 1.29 is 14.3 Å². The van der Waals surface area contributed by atoms with Crippen LogP contribution in [-0.4, -0.2) is 34.9 Å². The van der Waals surface area contributed by atoms with E-state index in [-0.39, 0.29) is 25.0 Å². The Kier molecular flexibility index (Phi) is 8.59. The van der Waals surface area contributed by atoms with E-state index in [1.807, 2.05) is 32.9 Å². The quantitative estimate of drug-likeness (QED) is 0.532. The summed E-state index contributed by atoms with van der Waals surface area (Å²) in [6.07, 6.45) is 0. The summed E-state index contributed by atoms with van der Waals surface area (Å²) in [5.41, 5.74) is 0.342. The average molecular weight is 516 g/mol. The molecule has 0 radical (unpaired) electrons. The molecule has 0 aliphatic rings. The topological polar surface area (TPSA) is 58.6 Å². The second kappa shape index (κ2) is 10.5. The van der Waals surface area contributed by atoms with Crippen LogP contribution < -0.4 is 10.1 Å². The van der Waals surface area contributed by atoms with Crippen molar-refractivity contribution in [2.24, 2.45) is 0 Å². The largest absolute Gasteiger partial charge is 0.484 e. The number of ether oxygens (including phenoxy) is 1. The van der Waals surface area contributed by atoms with Crippen molar-refractivity contribution in [3.8, 4) is 5.75 Å². The van der Waals surface area contributed by atoms with Crippen LogP contribution in [0.2, 0.25) is 10.0 Å². The highest BCUT2D eigenvalue weighted by molar-refractivity contribution is 9.10. The van der Waals surface area contributed by atoms with Crippen LogP contribution in [0.3, 0.4) is 0 Å². The molecule has 0 aromatic heterocycles. The molecule has 0 fully saturated rings. The highest BCUT2D eigenvalue weighted by atomic mass is 79.9. The molecule has 2 aromatic rings. The summed E-state index contributed by atoms with van der Waals surface area (Å²) in [4.78, 5) is 27.2. The molecule has 1 atom stereocenters. The molecule has 0 spiro atoms. The zero-order chi connectivity index (χ0) is 22.5. The van der Waals surface area contributed by atoms with Gasteiger partial charge in [0.25, 0.3) is 5.91 Å². The van der Waals surface area contributed by atoms with Crippen molar-refractivity contribution in [2.45, 2.75) is 45.8 Å². The van der Waals surface area contributed by atoms with Gasteiger partial charge in [-0.1, -0.05) is 45.2 Å². The minimum absolute atomic E-state index is 0.193. The third kappa shape index (κ3) is 7.49. The van der Waals surface area contributed by atoms with Gasteiger partial charge in [0.15, 0.2) is 6.61 Å². The summed E-state index contributed by atoms with van der Waals surface area (Å²) in [6, 6.07) is 11.6. The number of nitrogens with zero attached hydrogens (tertiary/aromatic N) is 1. The molecule has 8 heteroatoms. The number of hydrogen-bond acceptors (Lipinski definition) is 3. The number of rotatable bonds is 7. The van der Waals surface area contributed by atoms with Crippen LogP contribution in [0.15, 0.2) is 46.9 Å². The Labute approximate surface area is 195 Å². The second-order valence-corrected chi connectivity index (χ2v) is 9.66. The van der Waals surface area contributed by atoms with Gasteiger partial charge in [-0.05, 0) is 69.7 Å². The molecule has 0 aliphatic heterocycles. The van der Waals surface area contributed by atoms with E-state index >= 15 is 0 Å². The van der Waals surface area contributed by atoms with Gasteiger partial charge in [0.1, 0.15) is 11.8 Å². The van der Waals surface area contributed by atoms with Crippen molar-refractivity contribution in [3.05, 3.63) is 62.5 Å². The Morgan fingerprint density at radius 3 is 2.30 bits per heavy atom. The van der Waals surface area contributed by atoms with E-state index in [9.17, 15) is 9.59 Å². The van der Waals surface area contributed by atoms with Gasteiger partial charge >= 0.3 is 0 Å². The highest BCUT2D eigenvalue weighted by Crippen LogP contribution is 2.24. The van der Waals surface area contributed by atoms with Crippen molar-refractivity contribution in [1.82, 2.24) is 10.2 Å². The summed E-state index contributed by atoms with van der Waals surface area (Å²) in [5.74, 6) is -0.00654. The van der Waals surface area contributed by atoms with Crippen LogP contribution in [0.25, 0.3) is 0 Å². The maximum absolute atomic E-state index is 13.0. The summed E-state index contributed by atoms with van der Waals surface area (Å²) in [6.45, 7) is 7.35. The number of halogens is 3. The minimum Gasteiger partial charge on any atom is -0.484 e. The molecule has 0 unspecified atom stereocenters. The molecule has 30 heavy (non-hydrogen) atoms. The Balaban J connectivity index is 2.19. The first-order chi connectivity index (χ1) is 14.0. The molecular weight excluding hydrogens is 491 g/mol. The smallest absolute Gasteiger partial charge is 0.261 e. The molecule has 5 nitrogen and oxygen atoms in total. The molecule has 2 aromatic carbocycles. The standard InChI is InChI=1S/C22H25BrCl2N2O3/c1-14(21(29)26-22(2,3)4)27(12-15-5-10-18(24)19(25)11-15)20(28)13-30-17-8-6-16(23)7-9-17/h5-11,14H,12-13H2,1-4H3,(H,26,29)/t14-/m0/s1. The number of hydrogen-bond donors (Lipinski definition) is 1. The van der Waals surface area contributed by atoms with Crippen molar-refractivity contribution in [2.75, 3.05) is 6.61 Å². The van der Waals surface area contributed by atoms with Crippen molar-refractivity contribution >= 4 is 50.9 Å². The fourth-order valence-corrected chi connectivity index (χ4v) is 3.24. The van der Waals surface area contributed by atoms with E-state index in [1.165, 1.54) is 4.90 Å². The summed E-state index contributed by atoms with van der Waals surface area (Å²) in [5, 5.41) is 3.73. The third-order valence-corrected chi connectivity index (χ3v) is 5.45. The lowest BCUT2D eigenvalue weighted by Crippen LogP contribution is -2.53. The van der Waals surface area contributed by atoms with Gasteiger partial charge in [-0.2, -0.15) is 0 Å². The SMILES string of the molecule is C[C@@H](C(=O)NC(C)(C)C)N(Cc1ccc(Cl)c(Cl)c1)C(=O)COc1ccc(Br)cc1. The summed E-state index contributed by atoms with van der Waals surface area (Å²) < 4.78 is 6.54. The number of carbonyl (C=O) groups is 2. The first-order valence-corrected chi connectivity index (χ1v) is 10.9. The summed E-state index contributed by atoms with van der Waals surface area (Å²) >= 11 is 15.5. The first kappa shape index (κ1) is 24.5. The molecule has 0 bridgehead atoms. The minimum atomic E-state index is -0.709. The zero-order valence-corrected chi connectivity index (χ0v) is 20.4. The maximum Gasteiger partial charge on any atom is 0.261 e. The zero-order valence-electron chi connectivity index (χ0n) is 17.3. The van der Waals surface area contributed by atoms with Crippen molar-refractivity contribution in [3.63, 3.8) is 0 Å². The monoisotopic (exact) mass is 514 g/mol. The lowest BCUT2D eigenvalue weighted by Gasteiger charge is -2.31. The molecule has 0 heterocycles. The first-order valence-electron chi connectivity index (χ1n) is 9.40. The van der Waals surface area contributed by atoms with Crippen LogP contribution in [0.5, 0.6) is 5.75 Å². The Morgan fingerprint density at radius 1 is 1.10 bits per heavy atom. The van der Waals surface area contributed by atoms with Gasteiger partial charge in [0, 0.05) is 16.6 Å². The van der Waals surface area contributed by atoms with E-state index in [0.29, 0.717) is 15.8 Å². The van der Waals surface area contributed by atoms with Gasteiger partial charge in [-0.3, -0.25) is 9.59 Å². The maximum atomic E-state index is 13.0. The van der Waals surface area contributed by atoms with Gasteiger partial charge < -0.3 is 15.0 Å². The molecule has 162 valence electrons. The molecule has 1 N–H and O–H groups in total. The van der Waals surface area contributed by atoms with E-state index in [0.717, 1.165) is 10.0 Å². The molecule has 0 saturated heterocycles. The fourth-order valence-electron chi connectivity index (χ4n) is 2.65. The molecule has 0 aliphatic carbocycles. The predicted molar refractivity (Wildman–Crippen MR) is 124 cm³/mol. The van der Waals surface area contributed by atoms with Crippen LogP contribution in [0.4, 0.5) is 0 Å². The molecule has 2 rings (SSSR count). The number of nitrogens with one attached hydrogen (secondary N) is 1. The highest BCUT2D eigenvalue weighted by Gasteiger charge is 2.28. The Hall–Kier alpha value is -1.76. The van der Waals surface area contributed by atoms with E-state index < -0.39 is 11.6 Å². The van der Waals surface area contributed by atoms with Crippen LogP contribution >= 0.6 is 39.1 Å². The van der Waals surface area contributed by atoms with Crippen LogP contribution in [0, 0.1) is 0 Å². The van der Waals surface area contributed by atoms with Crippen molar-refractivity contribution in [1.29, 1.82) is 0 Å². The normalized spacial score (nSPS) is 12.2. The Bertz CT molecular complexity index is 898. The fraction of sp³-hybridized carbons (Fsp3) is 0.364. The van der Waals surface area contributed by atoms with Gasteiger partial charge in [-0.15, -0.1) is 0 Å².